The molecule has 4 unspecified atom stereocenters. The minimum Gasteiger partial charge on any atom is -0.393 e. The second-order valence-corrected chi connectivity index (χ2v) is 10.1. The highest BCUT2D eigenvalue weighted by atomic mass is 28.4. The van der Waals surface area contributed by atoms with Crippen LogP contribution in [0.4, 0.5) is 0 Å². The summed E-state index contributed by atoms with van der Waals surface area (Å²) in [6.07, 6.45) is 2.51. The highest BCUT2D eigenvalue weighted by Gasteiger charge is 2.49. The zero-order valence-corrected chi connectivity index (χ0v) is 18.4. The first-order chi connectivity index (χ1) is 13.0. The lowest BCUT2D eigenvalue weighted by Gasteiger charge is -2.41. The van der Waals surface area contributed by atoms with Gasteiger partial charge in [0.25, 0.3) is 5.97 Å². The van der Waals surface area contributed by atoms with E-state index in [0.717, 1.165) is 26.1 Å². The maximum absolute atomic E-state index is 6.44. The van der Waals surface area contributed by atoms with Crippen LogP contribution in [-0.2, 0) is 37.3 Å². The van der Waals surface area contributed by atoms with Gasteiger partial charge in [0.1, 0.15) is 17.9 Å². The second-order valence-electron chi connectivity index (χ2n) is 6.96. The van der Waals surface area contributed by atoms with Gasteiger partial charge in [-0.05, 0) is 26.3 Å². The summed E-state index contributed by atoms with van der Waals surface area (Å²) in [5.74, 6) is -1.18. The Kier molecular flexibility index (Phi) is 9.60. The monoisotopic (exact) mass is 408 g/mol. The first-order valence-electron chi connectivity index (χ1n) is 9.87. The van der Waals surface area contributed by atoms with Crippen LogP contribution in [0.25, 0.3) is 0 Å². The standard InChI is InChI=1S/C18H36O8Si/c1-6-17(24-14-16-13-23-16)27(5,25-7-2)26-18(19-3,20-4)9-8-10-21-11-15-12-22-15/h15-17H,6-14H2,1-5H3. The third-order valence-corrected chi connectivity index (χ3v) is 8.05. The highest BCUT2D eigenvalue weighted by molar-refractivity contribution is 6.67. The minimum atomic E-state index is -2.76. The molecule has 0 bridgehead atoms. The molecular formula is C18H36O8Si. The lowest BCUT2D eigenvalue weighted by atomic mass is 10.3. The maximum Gasteiger partial charge on any atom is 0.368 e. The third kappa shape index (κ3) is 7.67. The summed E-state index contributed by atoms with van der Waals surface area (Å²) >= 11 is 0. The number of rotatable bonds is 17. The molecule has 0 saturated carbocycles. The van der Waals surface area contributed by atoms with Gasteiger partial charge in [-0.25, -0.2) is 0 Å². The lowest BCUT2D eigenvalue weighted by Crippen LogP contribution is -2.58. The Hall–Kier alpha value is -0.103. The topological polar surface area (TPSA) is 80.4 Å². The molecule has 2 aliphatic rings. The third-order valence-electron chi connectivity index (χ3n) is 4.73. The fourth-order valence-electron chi connectivity index (χ4n) is 3.00. The van der Waals surface area contributed by atoms with Gasteiger partial charge in [0, 0.05) is 33.9 Å². The summed E-state index contributed by atoms with van der Waals surface area (Å²) < 4.78 is 45.9. The van der Waals surface area contributed by atoms with Crippen LogP contribution in [0.2, 0.25) is 6.55 Å². The summed E-state index contributed by atoms with van der Waals surface area (Å²) in [7, 11) is 0.412. The van der Waals surface area contributed by atoms with Crippen LogP contribution in [0.3, 0.4) is 0 Å². The van der Waals surface area contributed by atoms with Crippen molar-refractivity contribution in [2.75, 3.05) is 53.9 Å². The van der Waals surface area contributed by atoms with Crippen molar-refractivity contribution in [3.8, 4) is 0 Å². The van der Waals surface area contributed by atoms with Crippen molar-refractivity contribution in [2.24, 2.45) is 0 Å². The Morgan fingerprint density at radius 2 is 1.70 bits per heavy atom. The first kappa shape index (κ1) is 23.2. The predicted molar refractivity (Wildman–Crippen MR) is 101 cm³/mol. The predicted octanol–water partition coefficient (Wildman–Crippen LogP) is 1.99. The van der Waals surface area contributed by atoms with Gasteiger partial charge in [0.05, 0.1) is 26.4 Å². The van der Waals surface area contributed by atoms with E-state index in [-0.39, 0.29) is 17.9 Å². The van der Waals surface area contributed by atoms with E-state index < -0.39 is 14.5 Å². The molecule has 27 heavy (non-hydrogen) atoms. The minimum absolute atomic E-state index is 0.144. The van der Waals surface area contributed by atoms with Crippen LogP contribution in [0, 0.1) is 0 Å². The highest BCUT2D eigenvalue weighted by Crippen LogP contribution is 2.30. The van der Waals surface area contributed by atoms with Gasteiger partial charge >= 0.3 is 8.56 Å². The van der Waals surface area contributed by atoms with E-state index in [1.807, 2.05) is 13.5 Å². The summed E-state index contributed by atoms with van der Waals surface area (Å²) in [6.45, 7) is 9.92. The molecule has 9 heteroatoms. The van der Waals surface area contributed by atoms with E-state index in [1.165, 1.54) is 0 Å². The molecule has 0 spiro atoms. The average molecular weight is 409 g/mol. The molecule has 0 radical (unpaired) electrons. The zero-order chi connectivity index (χ0) is 19.8. The Morgan fingerprint density at radius 3 is 2.22 bits per heavy atom. The van der Waals surface area contributed by atoms with Crippen molar-refractivity contribution < 1.29 is 37.3 Å². The number of ether oxygens (including phenoxy) is 6. The molecule has 0 aliphatic carbocycles. The van der Waals surface area contributed by atoms with Gasteiger partial charge < -0.3 is 37.3 Å². The van der Waals surface area contributed by atoms with Crippen molar-refractivity contribution in [1.29, 1.82) is 0 Å². The molecule has 0 aromatic carbocycles. The number of hydrogen-bond acceptors (Lipinski definition) is 8. The number of methoxy groups -OCH3 is 2. The Morgan fingerprint density at radius 1 is 1.07 bits per heavy atom. The van der Waals surface area contributed by atoms with E-state index in [2.05, 4.69) is 6.92 Å². The van der Waals surface area contributed by atoms with Crippen LogP contribution in [0.5, 0.6) is 0 Å². The lowest BCUT2D eigenvalue weighted by molar-refractivity contribution is -0.338. The molecule has 2 heterocycles. The van der Waals surface area contributed by atoms with Crippen LogP contribution in [0.15, 0.2) is 0 Å². The first-order valence-corrected chi connectivity index (χ1v) is 12.3. The fraction of sp³-hybridized carbons (Fsp3) is 1.00. The smallest absolute Gasteiger partial charge is 0.368 e. The number of epoxide rings is 2. The average Bonchev–Trinajstić information content (AvgIpc) is 3.56. The molecule has 160 valence electrons. The summed E-state index contributed by atoms with van der Waals surface area (Å²) in [4.78, 5) is 0. The van der Waals surface area contributed by atoms with Gasteiger partial charge in [-0.3, -0.25) is 0 Å². The molecular weight excluding hydrogens is 372 g/mol. The molecule has 2 fully saturated rings. The van der Waals surface area contributed by atoms with Gasteiger partial charge in [0.15, 0.2) is 0 Å². The fourth-order valence-corrected chi connectivity index (χ4v) is 5.98. The molecule has 2 saturated heterocycles. The largest absolute Gasteiger partial charge is 0.393 e. The van der Waals surface area contributed by atoms with E-state index in [9.17, 15) is 0 Å². The molecule has 0 amide bonds. The van der Waals surface area contributed by atoms with Crippen molar-refractivity contribution in [2.45, 2.75) is 63.6 Å². The quantitative estimate of drug-likeness (QED) is 0.156. The Labute approximate surface area is 163 Å². The SMILES string of the molecule is CCO[Si](C)(OC(CCCOCC1CO1)(OC)OC)C(CC)OCC1CO1. The van der Waals surface area contributed by atoms with Gasteiger partial charge in [-0.2, -0.15) is 0 Å². The Balaban J connectivity index is 1.92. The maximum atomic E-state index is 6.44. The van der Waals surface area contributed by atoms with Crippen LogP contribution in [0.1, 0.15) is 33.1 Å². The summed E-state index contributed by atoms with van der Waals surface area (Å²) in [5.41, 5.74) is -0.144. The van der Waals surface area contributed by atoms with Crippen molar-refractivity contribution in [3.63, 3.8) is 0 Å². The molecule has 2 aliphatic heterocycles. The van der Waals surface area contributed by atoms with Gasteiger partial charge in [0.2, 0.25) is 0 Å². The Bertz CT molecular complexity index is 414. The molecule has 0 aromatic heterocycles. The normalized spacial score (nSPS) is 25.2. The molecule has 0 aromatic rings. The van der Waals surface area contributed by atoms with E-state index in [1.54, 1.807) is 14.2 Å². The molecule has 0 N–H and O–H groups in total. The van der Waals surface area contributed by atoms with E-state index in [0.29, 0.717) is 32.8 Å². The summed E-state index contributed by atoms with van der Waals surface area (Å²) in [5, 5.41) is 0. The van der Waals surface area contributed by atoms with Crippen LogP contribution >= 0.6 is 0 Å². The summed E-state index contributed by atoms with van der Waals surface area (Å²) in [6, 6.07) is 0. The van der Waals surface area contributed by atoms with Crippen molar-refractivity contribution >= 4 is 8.56 Å². The van der Waals surface area contributed by atoms with Crippen molar-refractivity contribution in [1.82, 2.24) is 0 Å². The van der Waals surface area contributed by atoms with Gasteiger partial charge in [-0.15, -0.1) is 0 Å². The molecule has 4 atom stereocenters. The second kappa shape index (κ2) is 11.2. The van der Waals surface area contributed by atoms with E-state index >= 15 is 0 Å². The zero-order valence-electron chi connectivity index (χ0n) is 17.4. The van der Waals surface area contributed by atoms with Crippen LogP contribution < -0.4 is 0 Å². The number of hydrogen-bond donors (Lipinski definition) is 0. The molecule has 2 rings (SSSR count). The molecule has 8 nitrogen and oxygen atoms in total. The van der Waals surface area contributed by atoms with Crippen LogP contribution in [-0.4, -0.2) is 86.3 Å². The van der Waals surface area contributed by atoms with E-state index in [4.69, 9.17) is 37.3 Å². The van der Waals surface area contributed by atoms with Gasteiger partial charge in [-0.1, -0.05) is 6.92 Å². The van der Waals surface area contributed by atoms with Crippen molar-refractivity contribution in [3.05, 3.63) is 0 Å².